The predicted molar refractivity (Wildman–Crippen MR) is 70.9 cm³/mol. The highest BCUT2D eigenvalue weighted by Crippen LogP contribution is 2.42. The molecule has 1 atom stereocenters. The van der Waals surface area contributed by atoms with Crippen LogP contribution in [-0.2, 0) is 21.9 Å². The lowest BCUT2D eigenvalue weighted by Crippen LogP contribution is -2.15. The summed E-state index contributed by atoms with van der Waals surface area (Å²) in [5.41, 5.74) is 2.08. The van der Waals surface area contributed by atoms with E-state index in [4.69, 9.17) is 4.52 Å². The summed E-state index contributed by atoms with van der Waals surface area (Å²) in [5, 5.41) is 0.466. The number of hydrogen-bond acceptors (Lipinski definition) is 2. The van der Waals surface area contributed by atoms with Gasteiger partial charge in [-0.3, -0.25) is 4.57 Å². The zero-order valence-corrected chi connectivity index (χ0v) is 11.7. The van der Waals surface area contributed by atoms with E-state index in [9.17, 15) is 9.46 Å². The smallest absolute Gasteiger partial charge is 0.321 e. The Morgan fingerprint density at radius 2 is 1.94 bits per heavy atom. The first-order valence-corrected chi connectivity index (χ1v) is 7.73. The van der Waals surface area contributed by atoms with Gasteiger partial charge in [-0.15, -0.1) is 0 Å². The molecule has 96 valence electrons. The van der Waals surface area contributed by atoms with Crippen LogP contribution in [0.2, 0.25) is 0 Å². The van der Waals surface area contributed by atoms with E-state index >= 15 is 0 Å². The first-order valence-electron chi connectivity index (χ1n) is 6.15. The highest BCUT2D eigenvalue weighted by atomic mass is 31.2. The fourth-order valence-corrected chi connectivity index (χ4v) is 3.40. The maximum Gasteiger partial charge on any atom is 0.359 e. The van der Waals surface area contributed by atoms with Gasteiger partial charge in [-0.25, -0.2) is 0 Å². The molecule has 0 radical (unpaired) electrons. The third-order valence-electron chi connectivity index (χ3n) is 2.76. The van der Waals surface area contributed by atoms with E-state index in [-0.39, 0.29) is 0 Å². The van der Waals surface area contributed by atoms with Crippen molar-refractivity contribution < 1.29 is 14.0 Å². The van der Waals surface area contributed by atoms with Crippen LogP contribution in [0.5, 0.6) is 0 Å². The molecule has 1 rings (SSSR count). The lowest BCUT2D eigenvalue weighted by atomic mass is 10.0. The normalized spacial score (nSPS) is 14.6. The number of rotatable bonds is 6. The maximum atomic E-state index is 12.2. The van der Waals surface area contributed by atoms with Gasteiger partial charge in [0.05, 0.1) is 11.9 Å². The van der Waals surface area contributed by atoms with Crippen molar-refractivity contribution in [1.82, 2.24) is 0 Å². The standard InChI is InChI=1S/C13H21O3P/c1-4-10-16-17(14,15)13-9-7-8-11(5-2)12(13)6-3/h7-9H,4-6,10H2,1-3H3,(H,14,15). The predicted octanol–water partition coefficient (Wildman–Crippen LogP) is 3.05. The third kappa shape index (κ3) is 3.41. The van der Waals surface area contributed by atoms with Gasteiger partial charge in [0.2, 0.25) is 0 Å². The van der Waals surface area contributed by atoms with Crippen molar-refractivity contribution in [1.29, 1.82) is 0 Å². The summed E-state index contributed by atoms with van der Waals surface area (Å²) in [7, 11) is -3.66. The molecule has 0 saturated carbocycles. The Balaban J connectivity index is 3.16. The van der Waals surface area contributed by atoms with Crippen molar-refractivity contribution >= 4 is 12.9 Å². The summed E-state index contributed by atoms with van der Waals surface area (Å²) in [6.45, 7) is 6.28. The van der Waals surface area contributed by atoms with Crippen LogP contribution in [0, 0.1) is 0 Å². The zero-order chi connectivity index (χ0) is 12.9. The molecule has 1 aromatic rings. The van der Waals surface area contributed by atoms with Crippen LogP contribution >= 0.6 is 7.60 Å². The number of benzene rings is 1. The molecule has 0 heterocycles. The van der Waals surface area contributed by atoms with Crippen molar-refractivity contribution in [3.05, 3.63) is 29.3 Å². The quantitative estimate of drug-likeness (QED) is 0.796. The maximum absolute atomic E-state index is 12.2. The Morgan fingerprint density at radius 3 is 2.47 bits per heavy atom. The van der Waals surface area contributed by atoms with Gasteiger partial charge in [0.1, 0.15) is 0 Å². The third-order valence-corrected chi connectivity index (χ3v) is 4.32. The van der Waals surface area contributed by atoms with Crippen molar-refractivity contribution in [3.63, 3.8) is 0 Å². The average Bonchev–Trinajstić information content (AvgIpc) is 2.35. The van der Waals surface area contributed by atoms with Crippen LogP contribution in [0.3, 0.4) is 0 Å². The van der Waals surface area contributed by atoms with E-state index in [0.717, 1.165) is 30.4 Å². The van der Waals surface area contributed by atoms with Gasteiger partial charge >= 0.3 is 7.60 Å². The first kappa shape index (κ1) is 14.4. The fraction of sp³-hybridized carbons (Fsp3) is 0.538. The Kier molecular flexibility index (Phi) is 5.38. The molecule has 3 nitrogen and oxygen atoms in total. The molecule has 0 aromatic heterocycles. The second kappa shape index (κ2) is 6.34. The molecule has 1 unspecified atom stereocenters. The van der Waals surface area contributed by atoms with Gasteiger partial charge < -0.3 is 9.42 Å². The van der Waals surface area contributed by atoms with Gasteiger partial charge in [0.25, 0.3) is 0 Å². The van der Waals surface area contributed by atoms with E-state index in [2.05, 4.69) is 0 Å². The van der Waals surface area contributed by atoms with E-state index in [0.29, 0.717) is 11.9 Å². The zero-order valence-electron chi connectivity index (χ0n) is 10.8. The first-order chi connectivity index (χ1) is 8.06. The van der Waals surface area contributed by atoms with Crippen LogP contribution in [-0.4, -0.2) is 11.5 Å². The molecule has 0 aliphatic heterocycles. The van der Waals surface area contributed by atoms with Crippen molar-refractivity contribution in [3.8, 4) is 0 Å². The Morgan fingerprint density at radius 1 is 1.24 bits per heavy atom. The molecule has 1 N–H and O–H groups in total. The SMILES string of the molecule is CCCOP(=O)(O)c1cccc(CC)c1CC. The van der Waals surface area contributed by atoms with E-state index in [1.807, 2.05) is 32.9 Å². The summed E-state index contributed by atoms with van der Waals surface area (Å²) in [6, 6.07) is 5.53. The number of hydrogen-bond donors (Lipinski definition) is 1. The summed E-state index contributed by atoms with van der Waals surface area (Å²) in [4.78, 5) is 9.98. The molecule has 0 saturated heterocycles. The summed E-state index contributed by atoms with van der Waals surface area (Å²) in [6.07, 6.45) is 2.35. The molecule has 0 aliphatic rings. The molecule has 0 spiro atoms. The molecule has 0 bridgehead atoms. The highest BCUT2D eigenvalue weighted by Gasteiger charge is 2.26. The number of aryl methyl sites for hydroxylation is 1. The highest BCUT2D eigenvalue weighted by molar-refractivity contribution is 7.61. The molecular formula is C13H21O3P. The minimum absolute atomic E-state index is 0.313. The molecule has 4 heteroatoms. The molecule has 0 amide bonds. The minimum atomic E-state index is -3.66. The van der Waals surface area contributed by atoms with Crippen LogP contribution in [0.1, 0.15) is 38.3 Å². The van der Waals surface area contributed by atoms with Gasteiger partial charge in [-0.1, -0.05) is 32.9 Å². The van der Waals surface area contributed by atoms with Gasteiger partial charge in [0.15, 0.2) is 0 Å². The van der Waals surface area contributed by atoms with Gasteiger partial charge in [0, 0.05) is 0 Å². The average molecular weight is 256 g/mol. The van der Waals surface area contributed by atoms with Gasteiger partial charge in [-0.05, 0) is 36.5 Å². The molecule has 0 fully saturated rings. The van der Waals surface area contributed by atoms with Crippen molar-refractivity contribution in [2.45, 2.75) is 40.0 Å². The lowest BCUT2D eigenvalue weighted by Gasteiger charge is -2.17. The largest absolute Gasteiger partial charge is 0.359 e. The molecular weight excluding hydrogens is 235 g/mol. The van der Waals surface area contributed by atoms with Crippen LogP contribution < -0.4 is 5.30 Å². The topological polar surface area (TPSA) is 46.5 Å². The second-order valence-corrected chi connectivity index (χ2v) is 5.76. The molecule has 0 aliphatic carbocycles. The van der Waals surface area contributed by atoms with Crippen LogP contribution in [0.4, 0.5) is 0 Å². The summed E-state index contributed by atoms with van der Waals surface area (Å²) >= 11 is 0. The van der Waals surface area contributed by atoms with E-state index < -0.39 is 7.60 Å². The molecule has 17 heavy (non-hydrogen) atoms. The minimum Gasteiger partial charge on any atom is -0.321 e. The van der Waals surface area contributed by atoms with Crippen molar-refractivity contribution in [2.24, 2.45) is 0 Å². The van der Waals surface area contributed by atoms with E-state index in [1.165, 1.54) is 0 Å². The molecule has 1 aromatic carbocycles. The Labute approximate surface area is 103 Å². The van der Waals surface area contributed by atoms with E-state index in [1.54, 1.807) is 6.07 Å². The van der Waals surface area contributed by atoms with Crippen LogP contribution in [0.25, 0.3) is 0 Å². The van der Waals surface area contributed by atoms with Gasteiger partial charge in [-0.2, -0.15) is 0 Å². The Bertz CT molecular complexity index is 415. The lowest BCUT2D eigenvalue weighted by molar-refractivity contribution is 0.269. The van der Waals surface area contributed by atoms with Crippen LogP contribution in [0.15, 0.2) is 18.2 Å². The fourth-order valence-electron chi connectivity index (χ4n) is 1.91. The second-order valence-electron chi connectivity index (χ2n) is 3.98. The summed E-state index contributed by atoms with van der Waals surface area (Å²) < 4.78 is 17.3. The van der Waals surface area contributed by atoms with Crippen molar-refractivity contribution in [2.75, 3.05) is 6.61 Å². The summed E-state index contributed by atoms with van der Waals surface area (Å²) in [5.74, 6) is 0. The monoisotopic (exact) mass is 256 g/mol. The Hall–Kier alpha value is -0.630.